The van der Waals surface area contributed by atoms with Gasteiger partial charge in [-0.1, -0.05) is 0 Å². The van der Waals surface area contributed by atoms with Crippen LogP contribution in [0.5, 0.6) is 0 Å². The molecule has 0 bridgehead atoms. The fourth-order valence-corrected chi connectivity index (χ4v) is 3.07. The normalized spacial score (nSPS) is 12.1. The molecule has 23 heavy (non-hydrogen) atoms. The summed E-state index contributed by atoms with van der Waals surface area (Å²) in [6, 6.07) is 12.5. The summed E-state index contributed by atoms with van der Waals surface area (Å²) in [5.41, 5.74) is 2.60. The van der Waals surface area contributed by atoms with Crippen LogP contribution in [0.15, 0.2) is 18.2 Å². The second kappa shape index (κ2) is 10.6. The largest absolute Gasteiger partial charge is 1.00 e. The van der Waals surface area contributed by atoms with Crippen molar-refractivity contribution in [3.8, 4) is 0 Å². The van der Waals surface area contributed by atoms with Crippen LogP contribution in [0.2, 0.25) is 0 Å². The topological polar surface area (TPSA) is 6.48 Å². The van der Waals surface area contributed by atoms with Gasteiger partial charge in [0.2, 0.25) is 0 Å². The Morgan fingerprint density at radius 3 is 1.26 bits per heavy atom. The molecule has 0 aromatic heterocycles. The number of hydrogen-bond donors (Lipinski definition) is 0. The molecule has 1 aromatic rings. The molecule has 0 atom stereocenters. The average Bonchev–Trinajstić information content (AvgIpc) is 2.41. The van der Waals surface area contributed by atoms with Crippen LogP contribution in [-0.2, 0) is 13.1 Å². The molecule has 0 radical (unpaired) electrons. The van der Waals surface area contributed by atoms with Gasteiger partial charge in [-0.15, -0.1) is 11.1 Å². The van der Waals surface area contributed by atoms with Crippen molar-refractivity contribution in [2.24, 2.45) is 0 Å². The molecule has 2 nitrogen and oxygen atoms in total. The maximum Gasteiger partial charge on any atom is 1.00 e. The van der Waals surface area contributed by atoms with Crippen molar-refractivity contribution in [2.75, 3.05) is 0 Å². The minimum atomic E-state index is 0. The smallest absolute Gasteiger partial charge is 0.296 e. The molecule has 0 spiro atoms. The van der Waals surface area contributed by atoms with E-state index in [1.165, 1.54) is 11.1 Å². The standard InChI is InChI=1S/C20H35N2.Li/c1-15(2)21(16(3)4)13-19-10-9-11-20(12-19)14-22(17(5)6)18(7)8;/h9-11,15-18H,13-14H2,1-8H3;/q-1;+1. The van der Waals surface area contributed by atoms with E-state index in [1.807, 2.05) is 0 Å². The predicted octanol–water partition coefficient (Wildman–Crippen LogP) is 1.73. The van der Waals surface area contributed by atoms with Crippen molar-refractivity contribution in [3.63, 3.8) is 0 Å². The summed E-state index contributed by atoms with van der Waals surface area (Å²) in [5, 5.41) is 0. The monoisotopic (exact) mass is 310 g/mol. The third-order valence-electron chi connectivity index (χ3n) is 4.27. The first-order valence-electron chi connectivity index (χ1n) is 8.74. The summed E-state index contributed by atoms with van der Waals surface area (Å²) in [4.78, 5) is 5.02. The van der Waals surface area contributed by atoms with Gasteiger partial charge in [0, 0.05) is 37.3 Å². The molecule has 0 aliphatic heterocycles. The van der Waals surface area contributed by atoms with Crippen LogP contribution in [-0.4, -0.2) is 34.0 Å². The predicted molar refractivity (Wildman–Crippen MR) is 96.9 cm³/mol. The quantitative estimate of drug-likeness (QED) is 0.533. The van der Waals surface area contributed by atoms with Crippen molar-refractivity contribution < 1.29 is 18.9 Å². The molecule has 0 fully saturated rings. The summed E-state index contributed by atoms with van der Waals surface area (Å²) in [6.07, 6.45) is 0. The third-order valence-corrected chi connectivity index (χ3v) is 4.27. The molecule has 0 aliphatic rings. The van der Waals surface area contributed by atoms with E-state index in [0.717, 1.165) is 13.1 Å². The fraction of sp³-hybridized carbons (Fsp3) is 0.700. The van der Waals surface area contributed by atoms with Gasteiger partial charge in [0.15, 0.2) is 0 Å². The zero-order valence-electron chi connectivity index (χ0n) is 16.9. The Morgan fingerprint density at radius 1 is 0.696 bits per heavy atom. The molecule has 126 valence electrons. The number of benzene rings is 1. The fourth-order valence-electron chi connectivity index (χ4n) is 3.07. The molecule has 0 amide bonds. The van der Waals surface area contributed by atoms with E-state index in [9.17, 15) is 0 Å². The van der Waals surface area contributed by atoms with Gasteiger partial charge in [-0.25, -0.2) is 0 Å². The summed E-state index contributed by atoms with van der Waals surface area (Å²) < 4.78 is 0. The molecule has 0 aliphatic carbocycles. The molecule has 3 heteroatoms. The Morgan fingerprint density at radius 2 is 1.00 bits per heavy atom. The van der Waals surface area contributed by atoms with E-state index >= 15 is 0 Å². The van der Waals surface area contributed by atoms with Crippen LogP contribution in [0.25, 0.3) is 0 Å². The molecule has 0 heterocycles. The number of nitrogens with zero attached hydrogens (tertiary/aromatic N) is 2. The summed E-state index contributed by atoms with van der Waals surface area (Å²) in [6.45, 7) is 20.1. The average molecular weight is 310 g/mol. The van der Waals surface area contributed by atoms with Gasteiger partial charge in [0.1, 0.15) is 0 Å². The van der Waals surface area contributed by atoms with Crippen LogP contribution in [0.3, 0.4) is 0 Å². The molecule has 0 unspecified atom stereocenters. The van der Waals surface area contributed by atoms with E-state index in [2.05, 4.69) is 89.5 Å². The van der Waals surface area contributed by atoms with Gasteiger partial charge >= 0.3 is 18.9 Å². The van der Waals surface area contributed by atoms with Crippen LogP contribution >= 0.6 is 0 Å². The zero-order chi connectivity index (χ0) is 16.9. The molecular formula is C20H35LiN2. The third kappa shape index (κ3) is 7.44. The number of rotatable bonds is 8. The Balaban J connectivity index is 0.00000484. The zero-order valence-corrected chi connectivity index (χ0v) is 16.9. The minimum Gasteiger partial charge on any atom is -0.296 e. The molecular weight excluding hydrogens is 275 g/mol. The first-order chi connectivity index (χ1) is 10.2. The summed E-state index contributed by atoms with van der Waals surface area (Å²) >= 11 is 0. The van der Waals surface area contributed by atoms with Crippen molar-refractivity contribution in [3.05, 3.63) is 35.4 Å². The maximum absolute atomic E-state index is 3.64. The molecule has 0 N–H and O–H groups in total. The van der Waals surface area contributed by atoms with E-state index in [4.69, 9.17) is 0 Å². The van der Waals surface area contributed by atoms with Crippen LogP contribution in [0.1, 0.15) is 66.5 Å². The van der Waals surface area contributed by atoms with Gasteiger partial charge in [-0.3, -0.25) is 9.80 Å². The van der Waals surface area contributed by atoms with Crippen molar-refractivity contribution in [1.82, 2.24) is 9.80 Å². The Bertz CT molecular complexity index is 388. The van der Waals surface area contributed by atoms with Crippen molar-refractivity contribution in [2.45, 2.75) is 92.6 Å². The van der Waals surface area contributed by atoms with Crippen molar-refractivity contribution in [1.29, 1.82) is 0 Å². The first kappa shape index (κ1) is 22.7. The number of hydrogen-bond acceptors (Lipinski definition) is 2. The van der Waals surface area contributed by atoms with Crippen LogP contribution < -0.4 is 18.9 Å². The Kier molecular flexibility index (Phi) is 10.5. The van der Waals surface area contributed by atoms with Gasteiger partial charge < -0.3 is 0 Å². The van der Waals surface area contributed by atoms with Gasteiger partial charge in [-0.2, -0.15) is 24.3 Å². The molecule has 1 rings (SSSR count). The Labute approximate surface area is 156 Å². The summed E-state index contributed by atoms with van der Waals surface area (Å²) in [7, 11) is 0. The summed E-state index contributed by atoms with van der Waals surface area (Å²) in [5.74, 6) is 0. The SMILES string of the molecule is CC(C)N(Cc1[c-]c(CN(C(C)C)C(C)C)ccc1)C(C)C.[Li+]. The van der Waals surface area contributed by atoms with E-state index in [0.29, 0.717) is 24.2 Å². The van der Waals surface area contributed by atoms with Crippen LogP contribution in [0.4, 0.5) is 0 Å². The van der Waals surface area contributed by atoms with Crippen molar-refractivity contribution >= 4 is 0 Å². The molecule has 1 aromatic carbocycles. The van der Waals surface area contributed by atoms with Gasteiger partial charge in [0.05, 0.1) is 0 Å². The minimum absolute atomic E-state index is 0. The second-order valence-electron chi connectivity index (χ2n) is 7.42. The maximum atomic E-state index is 3.64. The van der Waals surface area contributed by atoms with Gasteiger partial charge in [0.25, 0.3) is 0 Å². The molecule has 0 saturated carbocycles. The molecule has 0 saturated heterocycles. The van der Waals surface area contributed by atoms with E-state index in [-0.39, 0.29) is 18.9 Å². The van der Waals surface area contributed by atoms with Gasteiger partial charge in [-0.05, 0) is 55.4 Å². The second-order valence-corrected chi connectivity index (χ2v) is 7.42. The van der Waals surface area contributed by atoms with E-state index in [1.54, 1.807) is 0 Å². The Hall–Kier alpha value is -0.263. The van der Waals surface area contributed by atoms with Crippen LogP contribution in [0, 0.1) is 6.07 Å². The first-order valence-corrected chi connectivity index (χ1v) is 8.74. The van der Waals surface area contributed by atoms with E-state index < -0.39 is 0 Å².